The molecule has 2 rings (SSSR count). The van der Waals surface area contributed by atoms with Crippen LogP contribution in [-0.4, -0.2) is 47.8 Å². The molecule has 4 nitrogen and oxygen atoms in total. The molecule has 2 amide bonds. The Morgan fingerprint density at radius 2 is 1.74 bits per heavy atom. The predicted molar refractivity (Wildman–Crippen MR) is 87.6 cm³/mol. The number of nitrogens with zero attached hydrogens (tertiary/aromatic N) is 2. The molecule has 0 N–H and O–H groups in total. The van der Waals surface area contributed by atoms with Crippen molar-refractivity contribution in [2.24, 2.45) is 5.92 Å². The summed E-state index contributed by atoms with van der Waals surface area (Å²) < 4.78 is 13.8. The fourth-order valence-corrected chi connectivity index (χ4v) is 2.75. The standard InChI is InChI=1S/C18H25FN2O2/c1-14(2)8-9-17(22)20-10-5-11-21(13-12-20)18(23)15-6-3-4-7-16(15)19/h3-4,6-7,14H,5,8-13H2,1-2H3. The fourth-order valence-electron chi connectivity index (χ4n) is 2.75. The molecule has 126 valence electrons. The Hall–Kier alpha value is -1.91. The maximum Gasteiger partial charge on any atom is 0.256 e. The van der Waals surface area contributed by atoms with Crippen LogP contribution in [0.3, 0.4) is 0 Å². The van der Waals surface area contributed by atoms with E-state index in [1.165, 1.54) is 12.1 Å². The van der Waals surface area contributed by atoms with Crippen molar-refractivity contribution in [3.05, 3.63) is 35.6 Å². The summed E-state index contributed by atoms with van der Waals surface area (Å²) in [7, 11) is 0. The van der Waals surface area contributed by atoms with E-state index >= 15 is 0 Å². The Balaban J connectivity index is 1.94. The summed E-state index contributed by atoms with van der Waals surface area (Å²) >= 11 is 0. The summed E-state index contributed by atoms with van der Waals surface area (Å²) in [5.41, 5.74) is 0.104. The molecule has 0 spiro atoms. The van der Waals surface area contributed by atoms with Gasteiger partial charge in [0.2, 0.25) is 5.91 Å². The summed E-state index contributed by atoms with van der Waals surface area (Å²) in [4.78, 5) is 28.1. The van der Waals surface area contributed by atoms with Crippen molar-refractivity contribution < 1.29 is 14.0 Å². The number of hydrogen-bond acceptors (Lipinski definition) is 2. The first kappa shape index (κ1) is 17.4. The zero-order valence-electron chi connectivity index (χ0n) is 13.9. The first-order valence-electron chi connectivity index (χ1n) is 8.30. The number of benzene rings is 1. The molecule has 1 saturated heterocycles. The average molecular weight is 320 g/mol. The lowest BCUT2D eigenvalue weighted by atomic mass is 10.1. The maximum absolute atomic E-state index is 13.8. The molecule has 0 aromatic heterocycles. The minimum absolute atomic E-state index is 0.104. The van der Waals surface area contributed by atoms with Gasteiger partial charge in [-0.15, -0.1) is 0 Å². The van der Waals surface area contributed by atoms with Crippen LogP contribution in [0.2, 0.25) is 0 Å². The van der Waals surface area contributed by atoms with Gasteiger partial charge in [0.1, 0.15) is 5.82 Å². The van der Waals surface area contributed by atoms with Crippen molar-refractivity contribution in [3.8, 4) is 0 Å². The molecule has 23 heavy (non-hydrogen) atoms. The molecule has 1 fully saturated rings. The molecule has 0 bridgehead atoms. The summed E-state index contributed by atoms with van der Waals surface area (Å²) in [5, 5.41) is 0. The predicted octanol–water partition coefficient (Wildman–Crippen LogP) is 2.94. The number of hydrogen-bond donors (Lipinski definition) is 0. The number of halogens is 1. The van der Waals surface area contributed by atoms with Gasteiger partial charge in [-0.1, -0.05) is 26.0 Å². The first-order valence-corrected chi connectivity index (χ1v) is 8.30. The lowest BCUT2D eigenvalue weighted by molar-refractivity contribution is -0.131. The van der Waals surface area contributed by atoms with Crippen LogP contribution in [-0.2, 0) is 4.79 Å². The Kier molecular flexibility index (Phi) is 6.13. The number of carbonyl (C=O) groups excluding carboxylic acids is 2. The summed E-state index contributed by atoms with van der Waals surface area (Å²) in [6.45, 7) is 6.41. The summed E-state index contributed by atoms with van der Waals surface area (Å²) in [6, 6.07) is 6.04. The molecule has 1 aliphatic rings. The van der Waals surface area contributed by atoms with Gasteiger partial charge < -0.3 is 9.80 Å². The SMILES string of the molecule is CC(C)CCC(=O)N1CCCN(C(=O)c2ccccc2F)CC1. The van der Waals surface area contributed by atoms with Gasteiger partial charge in [0.05, 0.1) is 5.56 Å². The largest absolute Gasteiger partial charge is 0.341 e. The highest BCUT2D eigenvalue weighted by Gasteiger charge is 2.24. The molecule has 1 aromatic rings. The third kappa shape index (κ3) is 4.78. The first-order chi connectivity index (χ1) is 11.0. The van der Waals surface area contributed by atoms with Crippen LogP contribution < -0.4 is 0 Å². The minimum atomic E-state index is -0.494. The van der Waals surface area contributed by atoms with E-state index in [0.717, 1.165) is 12.8 Å². The van der Waals surface area contributed by atoms with Crippen molar-refractivity contribution in [1.29, 1.82) is 0 Å². The quantitative estimate of drug-likeness (QED) is 0.856. The van der Waals surface area contributed by atoms with Crippen molar-refractivity contribution in [2.45, 2.75) is 33.1 Å². The van der Waals surface area contributed by atoms with Gasteiger partial charge in [-0.25, -0.2) is 4.39 Å². The van der Waals surface area contributed by atoms with Gasteiger partial charge in [0.15, 0.2) is 0 Å². The van der Waals surface area contributed by atoms with Crippen LogP contribution >= 0.6 is 0 Å². The van der Waals surface area contributed by atoms with Crippen molar-refractivity contribution in [2.75, 3.05) is 26.2 Å². The molecule has 1 aliphatic heterocycles. The van der Waals surface area contributed by atoms with Crippen LogP contribution in [0.1, 0.15) is 43.5 Å². The molecular formula is C18H25FN2O2. The zero-order valence-corrected chi connectivity index (χ0v) is 13.9. The van der Waals surface area contributed by atoms with Gasteiger partial charge in [-0.05, 0) is 30.9 Å². The second-order valence-electron chi connectivity index (χ2n) is 6.44. The minimum Gasteiger partial charge on any atom is -0.341 e. The van der Waals surface area contributed by atoms with E-state index in [2.05, 4.69) is 13.8 Å². The van der Waals surface area contributed by atoms with Gasteiger partial charge in [0.25, 0.3) is 5.91 Å². The third-order valence-electron chi connectivity index (χ3n) is 4.18. The average Bonchev–Trinajstić information content (AvgIpc) is 2.78. The zero-order chi connectivity index (χ0) is 16.8. The normalized spacial score (nSPS) is 15.7. The van der Waals surface area contributed by atoms with Crippen LogP contribution in [0.25, 0.3) is 0 Å². The van der Waals surface area contributed by atoms with E-state index in [-0.39, 0.29) is 17.4 Å². The molecule has 0 saturated carbocycles. The van der Waals surface area contributed by atoms with E-state index < -0.39 is 5.82 Å². The van der Waals surface area contributed by atoms with Crippen LogP contribution in [0.4, 0.5) is 4.39 Å². The molecule has 5 heteroatoms. The summed E-state index contributed by atoms with van der Waals surface area (Å²) in [6.07, 6.45) is 2.17. The molecular weight excluding hydrogens is 295 g/mol. The van der Waals surface area contributed by atoms with Gasteiger partial charge in [0, 0.05) is 32.6 Å². The van der Waals surface area contributed by atoms with E-state index in [1.54, 1.807) is 17.0 Å². The second kappa shape index (κ2) is 8.09. The fraction of sp³-hybridized carbons (Fsp3) is 0.556. The van der Waals surface area contributed by atoms with Gasteiger partial charge in [-0.2, -0.15) is 0 Å². The molecule has 0 radical (unpaired) electrons. The highest BCUT2D eigenvalue weighted by molar-refractivity contribution is 5.94. The molecule has 0 unspecified atom stereocenters. The second-order valence-corrected chi connectivity index (χ2v) is 6.44. The van der Waals surface area contributed by atoms with Gasteiger partial charge >= 0.3 is 0 Å². The van der Waals surface area contributed by atoms with E-state index in [9.17, 15) is 14.0 Å². The Labute approximate surface area is 137 Å². The van der Waals surface area contributed by atoms with Crippen LogP contribution in [0.15, 0.2) is 24.3 Å². The number of rotatable bonds is 4. The lowest BCUT2D eigenvalue weighted by Gasteiger charge is -2.22. The monoisotopic (exact) mass is 320 g/mol. The van der Waals surface area contributed by atoms with E-state index in [1.807, 2.05) is 4.90 Å². The maximum atomic E-state index is 13.8. The van der Waals surface area contributed by atoms with E-state index in [0.29, 0.717) is 38.5 Å². The highest BCUT2D eigenvalue weighted by atomic mass is 19.1. The lowest BCUT2D eigenvalue weighted by Crippen LogP contribution is -2.37. The Bertz CT molecular complexity index is 560. The Morgan fingerprint density at radius 3 is 2.43 bits per heavy atom. The third-order valence-corrected chi connectivity index (χ3v) is 4.18. The van der Waals surface area contributed by atoms with Crippen molar-refractivity contribution in [3.63, 3.8) is 0 Å². The van der Waals surface area contributed by atoms with Crippen LogP contribution in [0.5, 0.6) is 0 Å². The number of carbonyl (C=O) groups is 2. The smallest absolute Gasteiger partial charge is 0.256 e. The molecule has 0 aliphatic carbocycles. The van der Waals surface area contributed by atoms with Gasteiger partial charge in [-0.3, -0.25) is 9.59 Å². The highest BCUT2D eigenvalue weighted by Crippen LogP contribution is 2.14. The van der Waals surface area contributed by atoms with Crippen molar-refractivity contribution >= 4 is 11.8 Å². The summed E-state index contributed by atoms with van der Waals surface area (Å²) in [5.74, 6) is -0.129. The van der Waals surface area contributed by atoms with Crippen molar-refractivity contribution in [1.82, 2.24) is 9.80 Å². The van der Waals surface area contributed by atoms with Crippen LogP contribution in [0, 0.1) is 11.7 Å². The number of amides is 2. The topological polar surface area (TPSA) is 40.6 Å². The molecule has 0 atom stereocenters. The Morgan fingerprint density at radius 1 is 1.09 bits per heavy atom. The van der Waals surface area contributed by atoms with E-state index in [4.69, 9.17) is 0 Å². The molecule has 1 aromatic carbocycles. The molecule has 1 heterocycles.